The summed E-state index contributed by atoms with van der Waals surface area (Å²) in [6, 6.07) is 11.3. The highest BCUT2D eigenvalue weighted by Crippen LogP contribution is 2.16. The fraction of sp³-hybridized carbons (Fsp3) is 0. The van der Waals surface area contributed by atoms with Crippen molar-refractivity contribution in [3.8, 4) is 16.4 Å². The van der Waals surface area contributed by atoms with Crippen molar-refractivity contribution in [1.82, 2.24) is 14.8 Å². The van der Waals surface area contributed by atoms with Crippen LogP contribution < -0.4 is 5.56 Å². The highest BCUT2D eigenvalue weighted by Gasteiger charge is 2.07. The van der Waals surface area contributed by atoms with Crippen LogP contribution in [-0.2, 0) is 0 Å². The molecule has 0 aliphatic carbocycles. The van der Waals surface area contributed by atoms with Gasteiger partial charge in [0.2, 0.25) is 5.13 Å². The molecule has 0 saturated carbocycles. The van der Waals surface area contributed by atoms with Crippen molar-refractivity contribution in [2.45, 2.75) is 0 Å². The molecule has 17 heavy (non-hydrogen) atoms. The molecule has 0 aliphatic heterocycles. The summed E-state index contributed by atoms with van der Waals surface area (Å²) in [5, 5.41) is 5.54. The first kappa shape index (κ1) is 10.0. The number of benzene rings is 1. The number of nitrogens with zero attached hydrogens (tertiary/aromatic N) is 2. The van der Waals surface area contributed by atoms with Gasteiger partial charge in [0.05, 0.1) is 5.69 Å². The van der Waals surface area contributed by atoms with E-state index in [0.29, 0.717) is 5.13 Å². The maximum absolute atomic E-state index is 11.8. The number of rotatable bonds is 2. The maximum atomic E-state index is 11.8. The van der Waals surface area contributed by atoms with E-state index in [1.165, 1.54) is 16.0 Å². The van der Waals surface area contributed by atoms with Crippen molar-refractivity contribution in [3.05, 3.63) is 58.3 Å². The van der Waals surface area contributed by atoms with Gasteiger partial charge < -0.3 is 0 Å². The minimum absolute atomic E-state index is 0.0983. The van der Waals surface area contributed by atoms with Crippen LogP contribution in [0.25, 0.3) is 16.4 Å². The Kier molecular flexibility index (Phi) is 2.38. The Morgan fingerprint density at radius 1 is 1.24 bits per heavy atom. The van der Waals surface area contributed by atoms with Gasteiger partial charge in [0.25, 0.3) is 5.56 Å². The summed E-state index contributed by atoms with van der Waals surface area (Å²) in [4.78, 5) is 15.9. The summed E-state index contributed by atoms with van der Waals surface area (Å²) in [6.07, 6.45) is 1.68. The Bertz CT molecular complexity index is 667. The zero-order chi connectivity index (χ0) is 11.7. The van der Waals surface area contributed by atoms with Gasteiger partial charge in [0.15, 0.2) is 0 Å². The van der Waals surface area contributed by atoms with Crippen molar-refractivity contribution < 1.29 is 0 Å². The quantitative estimate of drug-likeness (QED) is 0.750. The van der Waals surface area contributed by atoms with Crippen molar-refractivity contribution in [3.63, 3.8) is 0 Å². The number of thiazole rings is 1. The molecule has 4 nitrogen and oxygen atoms in total. The maximum Gasteiger partial charge on any atom is 0.273 e. The highest BCUT2D eigenvalue weighted by molar-refractivity contribution is 7.12. The molecule has 3 aromatic rings. The third-order valence-electron chi connectivity index (χ3n) is 2.42. The molecule has 0 amide bonds. The summed E-state index contributed by atoms with van der Waals surface area (Å²) in [5.74, 6) is 0. The van der Waals surface area contributed by atoms with Gasteiger partial charge >= 0.3 is 0 Å². The fourth-order valence-corrected chi connectivity index (χ4v) is 2.24. The van der Waals surface area contributed by atoms with Crippen LogP contribution in [0.4, 0.5) is 0 Å². The number of nitrogens with one attached hydrogen (secondary N) is 1. The Morgan fingerprint density at radius 3 is 2.76 bits per heavy atom. The molecule has 0 aliphatic rings. The molecule has 0 unspecified atom stereocenters. The lowest BCUT2D eigenvalue weighted by Gasteiger charge is -1.97. The third-order valence-corrected chi connectivity index (χ3v) is 3.17. The molecular formula is C12H9N3OS. The van der Waals surface area contributed by atoms with E-state index in [2.05, 4.69) is 10.1 Å². The molecule has 2 heterocycles. The van der Waals surface area contributed by atoms with Crippen LogP contribution in [0.5, 0.6) is 0 Å². The number of aromatic amines is 1. The van der Waals surface area contributed by atoms with Crippen LogP contribution >= 0.6 is 11.3 Å². The van der Waals surface area contributed by atoms with E-state index in [0.717, 1.165) is 11.3 Å². The molecule has 0 radical (unpaired) electrons. The predicted molar refractivity (Wildman–Crippen MR) is 67.5 cm³/mol. The number of hydrogen-bond acceptors (Lipinski definition) is 3. The smallest absolute Gasteiger partial charge is 0.273 e. The van der Waals surface area contributed by atoms with Gasteiger partial charge in [0, 0.05) is 17.6 Å². The van der Waals surface area contributed by atoms with Gasteiger partial charge in [-0.1, -0.05) is 30.3 Å². The summed E-state index contributed by atoms with van der Waals surface area (Å²) < 4.78 is 1.45. The molecule has 84 valence electrons. The number of aromatic nitrogens is 3. The van der Waals surface area contributed by atoms with E-state index >= 15 is 0 Å². The highest BCUT2D eigenvalue weighted by atomic mass is 32.1. The minimum atomic E-state index is -0.0983. The normalized spacial score (nSPS) is 10.6. The SMILES string of the molecule is O=c1cc(-c2ccccc2)[nH]n1-c1nccs1. The molecular weight excluding hydrogens is 234 g/mol. The van der Waals surface area contributed by atoms with E-state index in [1.54, 1.807) is 12.3 Å². The van der Waals surface area contributed by atoms with Crippen molar-refractivity contribution in [2.75, 3.05) is 0 Å². The standard InChI is InChI=1S/C12H9N3OS/c16-11-8-10(9-4-2-1-3-5-9)14-15(11)12-13-6-7-17-12/h1-8,14H. The Morgan fingerprint density at radius 2 is 2.06 bits per heavy atom. The molecule has 3 rings (SSSR count). The van der Waals surface area contributed by atoms with Crippen LogP contribution in [0.2, 0.25) is 0 Å². The van der Waals surface area contributed by atoms with Gasteiger partial charge in [-0.2, -0.15) is 4.68 Å². The van der Waals surface area contributed by atoms with Gasteiger partial charge in [-0.3, -0.25) is 9.89 Å². The molecule has 5 heteroatoms. The third kappa shape index (κ3) is 1.81. The van der Waals surface area contributed by atoms with Crippen LogP contribution in [0.3, 0.4) is 0 Å². The molecule has 2 aromatic heterocycles. The second-order valence-electron chi connectivity index (χ2n) is 3.52. The second-order valence-corrected chi connectivity index (χ2v) is 4.40. The molecule has 0 fully saturated rings. The summed E-state index contributed by atoms with van der Waals surface area (Å²) in [7, 11) is 0. The van der Waals surface area contributed by atoms with E-state index < -0.39 is 0 Å². The first-order valence-electron chi connectivity index (χ1n) is 5.12. The van der Waals surface area contributed by atoms with E-state index in [4.69, 9.17) is 0 Å². The van der Waals surface area contributed by atoms with Crippen LogP contribution in [0.1, 0.15) is 0 Å². The molecule has 0 saturated heterocycles. The van der Waals surface area contributed by atoms with Crippen molar-refractivity contribution in [1.29, 1.82) is 0 Å². The molecule has 1 N–H and O–H groups in total. The van der Waals surface area contributed by atoms with Gasteiger partial charge in [-0.25, -0.2) is 4.98 Å². The zero-order valence-electron chi connectivity index (χ0n) is 8.83. The van der Waals surface area contributed by atoms with Crippen LogP contribution in [0, 0.1) is 0 Å². The summed E-state index contributed by atoms with van der Waals surface area (Å²) in [5.41, 5.74) is 1.68. The molecule has 0 atom stereocenters. The predicted octanol–water partition coefficient (Wildman–Crippen LogP) is 2.29. The Labute approximate surface area is 101 Å². The topological polar surface area (TPSA) is 50.7 Å². The van der Waals surface area contributed by atoms with E-state index in [-0.39, 0.29) is 5.56 Å². The van der Waals surface area contributed by atoms with Gasteiger partial charge in [-0.15, -0.1) is 11.3 Å². The molecule has 0 bridgehead atoms. The number of hydrogen-bond donors (Lipinski definition) is 1. The second kappa shape index (κ2) is 4.03. The minimum Gasteiger partial charge on any atom is -0.288 e. The first-order valence-corrected chi connectivity index (χ1v) is 6.00. The molecule has 0 spiro atoms. The molecule has 1 aromatic carbocycles. The lowest BCUT2D eigenvalue weighted by atomic mass is 10.2. The Hall–Kier alpha value is -2.14. The number of H-pyrrole nitrogens is 1. The average Bonchev–Trinajstić information content (AvgIpc) is 2.99. The van der Waals surface area contributed by atoms with Crippen LogP contribution in [-0.4, -0.2) is 14.8 Å². The largest absolute Gasteiger partial charge is 0.288 e. The lowest BCUT2D eigenvalue weighted by Crippen LogP contribution is -2.12. The fourth-order valence-electron chi connectivity index (χ4n) is 1.63. The van der Waals surface area contributed by atoms with E-state index in [9.17, 15) is 4.79 Å². The van der Waals surface area contributed by atoms with Crippen molar-refractivity contribution >= 4 is 11.3 Å². The van der Waals surface area contributed by atoms with Gasteiger partial charge in [-0.05, 0) is 5.56 Å². The van der Waals surface area contributed by atoms with Crippen molar-refractivity contribution in [2.24, 2.45) is 0 Å². The zero-order valence-corrected chi connectivity index (χ0v) is 9.65. The lowest BCUT2D eigenvalue weighted by molar-refractivity contribution is 0.843. The summed E-state index contributed by atoms with van der Waals surface area (Å²) in [6.45, 7) is 0. The average molecular weight is 243 g/mol. The monoisotopic (exact) mass is 243 g/mol. The van der Waals surface area contributed by atoms with Crippen LogP contribution in [0.15, 0.2) is 52.8 Å². The summed E-state index contributed by atoms with van der Waals surface area (Å²) >= 11 is 1.42. The van der Waals surface area contributed by atoms with E-state index in [1.807, 2.05) is 35.7 Å². The first-order chi connectivity index (χ1) is 8.34. The van der Waals surface area contributed by atoms with Gasteiger partial charge in [0.1, 0.15) is 0 Å². The Balaban J connectivity index is 2.11.